The number of ether oxygens (including phenoxy) is 1. The lowest BCUT2D eigenvalue weighted by Gasteiger charge is -2.23. The van der Waals surface area contributed by atoms with Crippen LogP contribution in [0, 0.1) is 5.92 Å². The Morgan fingerprint density at radius 2 is 1.71 bits per heavy atom. The first-order valence-corrected chi connectivity index (χ1v) is 12.1. The maximum absolute atomic E-state index is 13.2. The van der Waals surface area contributed by atoms with E-state index in [1.54, 1.807) is 0 Å². The van der Waals surface area contributed by atoms with E-state index in [1.807, 2.05) is 72.8 Å². The summed E-state index contributed by atoms with van der Waals surface area (Å²) in [5.41, 5.74) is 2.03. The summed E-state index contributed by atoms with van der Waals surface area (Å²) in [6.07, 6.45) is 5.87. The number of carbonyl (C=O) groups is 3. The number of hydrogen-bond acceptors (Lipinski definition) is 5. The molecule has 1 heterocycles. The van der Waals surface area contributed by atoms with Crippen LogP contribution in [0.15, 0.2) is 72.8 Å². The van der Waals surface area contributed by atoms with Gasteiger partial charge in [0.1, 0.15) is 6.61 Å². The van der Waals surface area contributed by atoms with Gasteiger partial charge in [-0.1, -0.05) is 72.8 Å². The lowest BCUT2D eigenvalue weighted by molar-refractivity contribution is -0.145. The van der Waals surface area contributed by atoms with E-state index in [0.717, 1.165) is 11.1 Å². The molecule has 7 nitrogen and oxygen atoms in total. The third kappa shape index (κ3) is 9.37. The normalized spacial score (nSPS) is 20.0. The molecule has 0 saturated carbocycles. The predicted molar refractivity (Wildman–Crippen MR) is 133 cm³/mol. The molecule has 0 aromatic heterocycles. The van der Waals surface area contributed by atoms with Crippen molar-refractivity contribution in [2.24, 2.45) is 5.92 Å². The maximum atomic E-state index is 13.2. The highest BCUT2D eigenvalue weighted by Crippen LogP contribution is 2.14. The summed E-state index contributed by atoms with van der Waals surface area (Å²) in [6, 6.07) is 18.5. The Morgan fingerprint density at radius 3 is 2.40 bits per heavy atom. The lowest BCUT2D eigenvalue weighted by Crippen LogP contribution is -2.45. The van der Waals surface area contributed by atoms with E-state index in [2.05, 4.69) is 10.6 Å². The van der Waals surface area contributed by atoms with Gasteiger partial charge < -0.3 is 20.5 Å². The van der Waals surface area contributed by atoms with Crippen LogP contribution in [-0.2, 0) is 32.0 Å². The molecule has 0 aliphatic carbocycles. The highest BCUT2D eigenvalue weighted by Gasteiger charge is 2.25. The van der Waals surface area contributed by atoms with Crippen LogP contribution < -0.4 is 10.6 Å². The number of aliphatic hydroxyl groups is 1. The third-order valence-corrected chi connectivity index (χ3v) is 5.93. The Hall–Kier alpha value is -3.45. The molecule has 0 bridgehead atoms. The van der Waals surface area contributed by atoms with Gasteiger partial charge in [-0.2, -0.15) is 0 Å². The van der Waals surface area contributed by atoms with Crippen molar-refractivity contribution in [1.29, 1.82) is 0 Å². The summed E-state index contributed by atoms with van der Waals surface area (Å²) in [7, 11) is 0. The fraction of sp³-hybridized carbons (Fsp3) is 0.393. The Morgan fingerprint density at radius 1 is 1.03 bits per heavy atom. The van der Waals surface area contributed by atoms with Gasteiger partial charge in [0.15, 0.2) is 0 Å². The Kier molecular flexibility index (Phi) is 10.5. The Bertz CT molecular complexity index is 977. The smallest absolute Gasteiger partial charge is 0.306 e. The summed E-state index contributed by atoms with van der Waals surface area (Å²) in [4.78, 5) is 38.0. The number of aliphatic hydroxyl groups excluding tert-OH is 1. The predicted octanol–water partition coefficient (Wildman–Crippen LogP) is 2.72. The van der Waals surface area contributed by atoms with E-state index in [-0.39, 0.29) is 43.8 Å². The van der Waals surface area contributed by atoms with Crippen molar-refractivity contribution in [3.63, 3.8) is 0 Å². The summed E-state index contributed by atoms with van der Waals surface area (Å²) in [5.74, 6) is -1.42. The molecule has 2 amide bonds. The Balaban J connectivity index is 1.65. The quantitative estimate of drug-likeness (QED) is 0.400. The SMILES string of the molecule is O=C(C[C@H]1CC=CCCC(=O)OC[C@H](Cc2ccccc2)NC1=O)N[C@H](CO)Cc1ccccc1. The monoisotopic (exact) mass is 478 g/mol. The van der Waals surface area contributed by atoms with E-state index in [4.69, 9.17) is 4.74 Å². The molecule has 0 saturated heterocycles. The highest BCUT2D eigenvalue weighted by molar-refractivity contribution is 5.86. The molecule has 186 valence electrons. The summed E-state index contributed by atoms with van der Waals surface area (Å²) in [6.45, 7) is -0.117. The van der Waals surface area contributed by atoms with E-state index >= 15 is 0 Å². The van der Waals surface area contributed by atoms with Gasteiger partial charge in [0, 0.05) is 12.8 Å². The van der Waals surface area contributed by atoms with Crippen molar-refractivity contribution < 1.29 is 24.2 Å². The first-order valence-electron chi connectivity index (χ1n) is 12.1. The topological polar surface area (TPSA) is 105 Å². The second-order valence-electron chi connectivity index (χ2n) is 8.86. The van der Waals surface area contributed by atoms with Gasteiger partial charge in [-0.25, -0.2) is 0 Å². The zero-order chi connectivity index (χ0) is 24.9. The molecule has 1 aliphatic rings. The maximum Gasteiger partial charge on any atom is 0.306 e. The summed E-state index contributed by atoms with van der Waals surface area (Å²) >= 11 is 0. The largest absolute Gasteiger partial charge is 0.463 e. The number of rotatable bonds is 8. The van der Waals surface area contributed by atoms with Crippen molar-refractivity contribution >= 4 is 17.8 Å². The molecule has 3 rings (SSSR count). The minimum Gasteiger partial charge on any atom is -0.463 e. The third-order valence-electron chi connectivity index (χ3n) is 5.93. The minimum absolute atomic E-state index is 0.000687. The van der Waals surface area contributed by atoms with Crippen LogP contribution >= 0.6 is 0 Å². The zero-order valence-electron chi connectivity index (χ0n) is 19.9. The number of benzene rings is 2. The molecule has 3 atom stereocenters. The fourth-order valence-corrected chi connectivity index (χ4v) is 4.07. The van der Waals surface area contributed by atoms with Crippen LogP contribution in [0.1, 0.15) is 36.8 Å². The van der Waals surface area contributed by atoms with E-state index in [9.17, 15) is 19.5 Å². The highest BCUT2D eigenvalue weighted by atomic mass is 16.5. The molecule has 2 aromatic carbocycles. The van der Waals surface area contributed by atoms with Gasteiger partial charge in [-0.3, -0.25) is 14.4 Å². The number of esters is 1. The van der Waals surface area contributed by atoms with Gasteiger partial charge in [0.05, 0.1) is 24.6 Å². The van der Waals surface area contributed by atoms with Crippen LogP contribution in [0.3, 0.4) is 0 Å². The fourth-order valence-electron chi connectivity index (χ4n) is 4.07. The molecule has 0 spiro atoms. The molecule has 0 radical (unpaired) electrons. The second kappa shape index (κ2) is 14.1. The molecule has 0 unspecified atom stereocenters. The van der Waals surface area contributed by atoms with Crippen molar-refractivity contribution in [2.75, 3.05) is 13.2 Å². The van der Waals surface area contributed by atoms with Crippen LogP contribution in [0.25, 0.3) is 0 Å². The molecule has 7 heteroatoms. The van der Waals surface area contributed by atoms with Gasteiger partial charge in [0.2, 0.25) is 11.8 Å². The second-order valence-corrected chi connectivity index (χ2v) is 8.86. The summed E-state index contributed by atoms with van der Waals surface area (Å²) < 4.78 is 5.39. The number of hydrogen-bond donors (Lipinski definition) is 3. The molecule has 1 aliphatic heterocycles. The Labute approximate surface area is 206 Å². The lowest BCUT2D eigenvalue weighted by atomic mass is 9.97. The zero-order valence-corrected chi connectivity index (χ0v) is 19.9. The van der Waals surface area contributed by atoms with Crippen LogP contribution in [0.4, 0.5) is 0 Å². The average molecular weight is 479 g/mol. The van der Waals surface area contributed by atoms with Crippen LogP contribution in [-0.4, -0.2) is 48.2 Å². The first kappa shape index (κ1) is 26.2. The molecular weight excluding hydrogens is 444 g/mol. The molecule has 0 fully saturated rings. The average Bonchev–Trinajstić information content (AvgIpc) is 2.86. The molecular formula is C28H34N2O5. The number of cyclic esters (lactones) is 1. The first-order chi connectivity index (χ1) is 17.0. The van der Waals surface area contributed by atoms with E-state index < -0.39 is 18.0 Å². The van der Waals surface area contributed by atoms with E-state index in [1.165, 1.54) is 0 Å². The molecule has 3 N–H and O–H groups in total. The van der Waals surface area contributed by atoms with Gasteiger partial charge in [-0.05, 0) is 36.8 Å². The van der Waals surface area contributed by atoms with Gasteiger partial charge in [0.25, 0.3) is 0 Å². The molecule has 2 aromatic rings. The van der Waals surface area contributed by atoms with E-state index in [0.29, 0.717) is 25.7 Å². The van der Waals surface area contributed by atoms with Crippen molar-refractivity contribution in [1.82, 2.24) is 10.6 Å². The number of carbonyl (C=O) groups excluding carboxylic acids is 3. The van der Waals surface area contributed by atoms with Crippen molar-refractivity contribution in [3.8, 4) is 0 Å². The number of nitrogens with one attached hydrogen (secondary N) is 2. The van der Waals surface area contributed by atoms with Crippen LogP contribution in [0.5, 0.6) is 0 Å². The number of allylic oxidation sites excluding steroid dienone is 2. The summed E-state index contributed by atoms with van der Waals surface area (Å²) in [5, 5.41) is 15.6. The van der Waals surface area contributed by atoms with Gasteiger partial charge >= 0.3 is 5.97 Å². The van der Waals surface area contributed by atoms with Crippen molar-refractivity contribution in [2.45, 2.75) is 50.6 Å². The molecule has 35 heavy (non-hydrogen) atoms. The van der Waals surface area contributed by atoms with Crippen LogP contribution in [0.2, 0.25) is 0 Å². The number of amides is 2. The minimum atomic E-state index is -0.573. The van der Waals surface area contributed by atoms with Gasteiger partial charge in [-0.15, -0.1) is 0 Å². The standard InChI is InChI=1S/C28H34N2O5/c31-19-24(16-21-10-4-1-5-11-21)29-26(32)18-23-14-8-3-9-15-27(33)35-20-25(30-28(23)34)17-22-12-6-2-7-13-22/h1-8,10-13,23-25,31H,9,14-20H2,(H,29,32)(H,30,34)/t23-,24+,25+/m1/s1. The van der Waals surface area contributed by atoms with Crippen molar-refractivity contribution in [3.05, 3.63) is 83.9 Å².